The van der Waals surface area contributed by atoms with Crippen molar-refractivity contribution in [3.8, 4) is 34.2 Å². The lowest BCUT2D eigenvalue weighted by Gasteiger charge is -2.39. The lowest BCUT2D eigenvalue weighted by molar-refractivity contribution is -0.155. The van der Waals surface area contributed by atoms with E-state index in [0.717, 1.165) is 134 Å². The molecule has 10 heterocycles. The summed E-state index contributed by atoms with van der Waals surface area (Å²) in [5.74, 6) is -2.06. The van der Waals surface area contributed by atoms with Crippen LogP contribution in [0.15, 0.2) is 189 Å². The normalized spacial score (nSPS) is 18.2. The number of carboxylic acids is 3. The Labute approximate surface area is 865 Å². The predicted octanol–water partition coefficient (Wildman–Crippen LogP) is 21.3. The first kappa shape index (κ1) is 107. The maximum Gasteiger partial charge on any atom is 0.310 e. The summed E-state index contributed by atoms with van der Waals surface area (Å²) in [6.45, 7) is 29.0. The summed E-state index contributed by atoms with van der Waals surface area (Å²) in [7, 11) is 0. The average Bonchev–Trinajstić information content (AvgIpc) is 1.30. The van der Waals surface area contributed by atoms with Crippen LogP contribution in [0.2, 0.25) is 0 Å². The molecular weight excluding hydrogens is 1880 g/mol. The van der Waals surface area contributed by atoms with Gasteiger partial charge in [0.25, 0.3) is 17.7 Å². The lowest BCUT2D eigenvalue weighted by Crippen LogP contribution is -2.59. The first-order chi connectivity index (χ1) is 69.5. The Morgan fingerprint density at radius 3 is 0.993 bits per heavy atom. The third kappa shape index (κ3) is 28.1. The smallest absolute Gasteiger partial charge is 0.310 e. The number of nitrogens with one attached hydrogen (secondary N) is 3. The number of unbranched alkanes of at least 4 members (excludes halogenated alkanes) is 1. The van der Waals surface area contributed by atoms with E-state index in [0.29, 0.717) is 44.1 Å². The van der Waals surface area contributed by atoms with Gasteiger partial charge in [0.1, 0.15) is 18.1 Å². The monoisotopic (exact) mass is 2020 g/mol. The molecule has 17 rings (SSSR count). The summed E-state index contributed by atoms with van der Waals surface area (Å²) in [6, 6.07) is 41.8. The second-order valence-electron chi connectivity index (χ2n) is 43.4. The zero-order valence-electron chi connectivity index (χ0n) is 85.9. The number of aliphatic carboxylic acids is 3. The van der Waals surface area contributed by atoms with Crippen molar-refractivity contribution in [2.45, 2.75) is 264 Å². The number of carboxylic acid groups (broad SMARTS) is 3. The van der Waals surface area contributed by atoms with E-state index >= 15 is 0 Å². The fourth-order valence-electron chi connectivity index (χ4n) is 20.0. The minimum atomic E-state index is -0.915. The van der Waals surface area contributed by atoms with Crippen LogP contribution in [0.1, 0.15) is 286 Å². The molecule has 28 heteroatoms. The topological polar surface area (TPSA) is 341 Å². The standard InChI is InChI=1S/C41H46N4O4S.C40H51N5O4S.C36H44N4O4S/c1-5-6-26-7-11-28(12-8-26)29-15-17-30(18-16-29)32-22-42-37(43-23-32)31-13-9-27(10-14-31)21-34(39(47)45-24-33(25-45)40(48)49)44-38(46)35-19-20-36(50-35)41(2,3)4;1-5-6-26-17-19-44(20-18-26)32-13-11-28(12-14-32)30-22-41-36(42-23-30)29-9-7-27(8-10-29)21-33(38(47)45-24-31(25-45)39(48)49)43-37(46)34-15-16-35(50-34)40(2,3)4;1-5-6-7-23-8-12-25(13-9-23)27-19-37-32(38-20-27)26-14-10-24(11-15-26)18-29(34(42)40-21-28(22-40)35(43)44)39-33(41)30-16-17-31(45-30)36(2,3)4/h7-14,17,19-20,22-23,29,33-34H,5-6,15-16,18,21,24-25H2,1-4H3,(H,44,46)(H,48,49);7-11,15-16,22-23,26,31-33H,5-6,12-14,17-21,24-25H2,1-4H3,(H,43,46)(H,48,49);10-12,14-17,19-20,23,28-29H,5-9,13,18,21-22H2,1-4H3,(H,39,41)(H,43,44)/t29?,34-;;23?,29-/m0.0/s1. The van der Waals surface area contributed by atoms with Crippen molar-refractivity contribution in [3.63, 3.8) is 0 Å². The van der Waals surface area contributed by atoms with Gasteiger partial charge in [0, 0.05) is 150 Å². The van der Waals surface area contributed by atoms with Crippen LogP contribution >= 0.6 is 34.0 Å². The zero-order chi connectivity index (χ0) is 103. The molecule has 4 aliphatic heterocycles. The first-order valence-electron chi connectivity index (χ1n) is 51.9. The van der Waals surface area contributed by atoms with E-state index in [1.54, 1.807) is 18.2 Å². The van der Waals surface area contributed by atoms with Gasteiger partial charge < -0.3 is 50.9 Å². The Morgan fingerprint density at radius 1 is 0.366 bits per heavy atom. The average molecular weight is 2020 g/mol. The van der Waals surface area contributed by atoms with Crippen molar-refractivity contribution in [2.24, 2.45) is 29.6 Å². The van der Waals surface area contributed by atoms with E-state index in [-0.39, 0.29) is 110 Å². The third-order valence-corrected chi connectivity index (χ3v) is 33.8. The van der Waals surface area contributed by atoms with E-state index in [1.807, 2.05) is 128 Å². The van der Waals surface area contributed by atoms with E-state index in [9.17, 15) is 58.5 Å². The first-order valence-corrected chi connectivity index (χ1v) is 54.4. The second-order valence-corrected chi connectivity index (χ2v) is 46.6. The molecule has 6 amide bonds. The number of carbonyl (C=O) groups excluding carboxylic acids is 6. The highest BCUT2D eigenvalue weighted by molar-refractivity contribution is 7.14. The van der Waals surface area contributed by atoms with Crippen molar-refractivity contribution in [2.75, 3.05) is 52.4 Å². The van der Waals surface area contributed by atoms with E-state index in [1.165, 1.54) is 147 Å². The summed E-state index contributed by atoms with van der Waals surface area (Å²) in [4.78, 5) is 155. The zero-order valence-corrected chi connectivity index (χ0v) is 88.3. The molecule has 6 N–H and O–H groups in total. The van der Waals surface area contributed by atoms with Gasteiger partial charge >= 0.3 is 17.9 Å². The number of carbonyl (C=O) groups is 9. The number of benzene rings is 4. The Bertz CT molecular complexity index is 6260. The van der Waals surface area contributed by atoms with E-state index < -0.39 is 53.8 Å². The highest BCUT2D eigenvalue weighted by Crippen LogP contribution is 2.41. The van der Waals surface area contributed by atoms with E-state index in [4.69, 9.17) is 9.97 Å². The summed E-state index contributed by atoms with van der Waals surface area (Å²) >= 11 is 4.26. The number of amides is 6. The van der Waals surface area contributed by atoms with Gasteiger partial charge in [0.15, 0.2) is 17.5 Å². The van der Waals surface area contributed by atoms with E-state index in [2.05, 4.69) is 166 Å². The highest BCUT2D eigenvalue weighted by atomic mass is 32.1. The molecule has 7 aliphatic rings. The van der Waals surface area contributed by atoms with Crippen molar-refractivity contribution in [1.29, 1.82) is 0 Å². The van der Waals surface area contributed by atoms with Gasteiger partial charge in [0.05, 0.1) is 32.4 Å². The number of rotatable bonds is 33. The molecular formula is C117H141N13O12S3. The van der Waals surface area contributed by atoms with Crippen LogP contribution in [0, 0.1) is 29.6 Å². The molecule has 764 valence electrons. The summed E-state index contributed by atoms with van der Waals surface area (Å²) in [5.41, 5.74) is 14.9. The predicted molar refractivity (Wildman–Crippen MR) is 574 cm³/mol. The number of hydrogen-bond donors (Lipinski definition) is 6. The molecule has 25 nitrogen and oxygen atoms in total. The molecule has 4 saturated heterocycles. The quantitative estimate of drug-likeness (QED) is 0.0222. The maximum atomic E-state index is 13.5. The van der Waals surface area contributed by atoms with Gasteiger partial charge in [-0.2, -0.15) is 0 Å². The Hall–Kier alpha value is -12.4. The molecule has 4 aromatic carbocycles. The number of aromatic nitrogens is 6. The van der Waals surface area contributed by atoms with Crippen LogP contribution in [0.4, 0.5) is 0 Å². The van der Waals surface area contributed by atoms with Crippen LogP contribution in [-0.4, -0.2) is 195 Å². The third-order valence-electron chi connectivity index (χ3n) is 29.3. The minimum absolute atomic E-state index is 0.0850. The second kappa shape index (κ2) is 48.3. The van der Waals surface area contributed by atoms with Gasteiger partial charge in [-0.1, -0.05) is 237 Å². The number of piperidine rings is 1. The Kier molecular flexibility index (Phi) is 35.6. The van der Waals surface area contributed by atoms with Crippen molar-refractivity contribution in [3.05, 3.63) is 263 Å². The molecule has 10 aromatic rings. The molecule has 0 saturated carbocycles. The van der Waals surface area contributed by atoms with Gasteiger partial charge in [0.2, 0.25) is 17.7 Å². The number of hydrogen-bond acceptors (Lipinski definition) is 19. The summed E-state index contributed by atoms with van der Waals surface area (Å²) in [5, 5.41) is 36.8. The van der Waals surface area contributed by atoms with Gasteiger partial charge in [-0.25, -0.2) is 29.9 Å². The van der Waals surface area contributed by atoms with Crippen molar-refractivity contribution < 1.29 is 58.5 Å². The Morgan fingerprint density at radius 2 is 0.703 bits per heavy atom. The largest absolute Gasteiger partial charge is 0.481 e. The van der Waals surface area contributed by atoms with Crippen LogP contribution in [-0.2, 0) is 70.7 Å². The summed E-state index contributed by atoms with van der Waals surface area (Å²) < 4.78 is 0. The molecule has 0 bridgehead atoms. The molecule has 6 atom stereocenters. The summed E-state index contributed by atoms with van der Waals surface area (Å²) in [6.07, 6.45) is 40.7. The van der Waals surface area contributed by atoms with Crippen molar-refractivity contribution >= 4 is 104 Å². The van der Waals surface area contributed by atoms with Crippen LogP contribution in [0.25, 0.3) is 50.9 Å². The SMILES string of the molecule is CCCC1CCN(C2CC=C(c3cnc(-c4ccc(CC(NC(=O)c5ccc(C(C)(C)C)s5)C(=O)N5CC(C(=O)O)C5)cc4)nc3)CC2)CC1.CCCCC1CC=C(c2cnc(-c3ccc(C[C@H](NC(=O)c4ccc(C(C)(C)C)s4)C(=O)N4CC(C(=O)O)C4)cc3)nc2)CC1.CCCc1ccc(C2CC=C(c3cnc(-c4ccc(C[C@H](NC(=O)c5ccc(C(C)(C)C)s5)C(=O)N5CC(C(=O)O)C5)cc4)nc3)CC2)cc1. The van der Waals surface area contributed by atoms with Crippen molar-refractivity contribution in [1.82, 2.24) is 65.5 Å². The number of allylic oxidation sites excluding steroid dienone is 5. The minimum Gasteiger partial charge on any atom is -0.481 e. The van der Waals surface area contributed by atoms with Crippen LogP contribution < -0.4 is 16.0 Å². The fourth-order valence-corrected chi connectivity index (χ4v) is 22.9. The lowest BCUT2D eigenvalue weighted by atomic mass is 9.83. The van der Waals surface area contributed by atoms with Gasteiger partial charge in [-0.15, -0.1) is 34.0 Å². The molecule has 0 spiro atoms. The highest BCUT2D eigenvalue weighted by Gasteiger charge is 2.43. The van der Waals surface area contributed by atoms with Gasteiger partial charge in [-0.05, 0) is 205 Å². The molecule has 4 unspecified atom stereocenters. The molecule has 145 heavy (non-hydrogen) atoms. The molecule has 0 radical (unpaired) electrons. The molecule has 6 aromatic heterocycles. The fraction of sp³-hybridized carbons (Fsp3) is 0.462. The number of likely N-dealkylation sites (tertiary alicyclic amines) is 4. The number of thiophene rings is 3. The Balaban J connectivity index is 0.000000164. The maximum absolute atomic E-state index is 13.5. The molecule has 3 aliphatic carbocycles. The number of nitrogens with zero attached hydrogens (tertiary/aromatic N) is 10. The number of aryl methyl sites for hydroxylation is 1. The molecule has 4 fully saturated rings. The van der Waals surface area contributed by atoms with Gasteiger partial charge in [-0.3, -0.25) is 43.2 Å². The van der Waals surface area contributed by atoms with Crippen LogP contribution in [0.3, 0.4) is 0 Å². The van der Waals surface area contributed by atoms with Crippen LogP contribution in [0.5, 0.6) is 0 Å².